The minimum atomic E-state index is -2.50. The summed E-state index contributed by atoms with van der Waals surface area (Å²) < 4.78 is 38.1. The molecule has 0 aromatic heterocycles. The molecule has 3 saturated carbocycles. The van der Waals surface area contributed by atoms with Crippen LogP contribution in [0.4, 0.5) is 14.5 Å². The topological polar surface area (TPSA) is 108 Å². The summed E-state index contributed by atoms with van der Waals surface area (Å²) in [6.07, 6.45) is 2.36. The van der Waals surface area contributed by atoms with Gasteiger partial charge in [0.05, 0.1) is 19.2 Å². The first-order chi connectivity index (χ1) is 22.2. The molecule has 0 radical (unpaired) electrons. The second-order valence-electron chi connectivity index (χ2n) is 14.9. The summed E-state index contributed by atoms with van der Waals surface area (Å²) in [4.78, 5) is 61.0. The van der Waals surface area contributed by atoms with E-state index in [1.807, 2.05) is 14.0 Å². The number of nitrogens with one attached hydrogen (secondary N) is 2. The van der Waals surface area contributed by atoms with Crippen LogP contribution in [0.15, 0.2) is 18.2 Å². The van der Waals surface area contributed by atoms with Crippen LogP contribution in [0.3, 0.4) is 0 Å². The van der Waals surface area contributed by atoms with Gasteiger partial charge in [-0.15, -0.1) is 0 Å². The fourth-order valence-electron chi connectivity index (χ4n) is 8.42. The maximum atomic E-state index is 17.2. The number of hydrogen-bond donors (Lipinski definition) is 2. The van der Waals surface area contributed by atoms with E-state index in [1.54, 1.807) is 31.7 Å². The van der Waals surface area contributed by atoms with Crippen LogP contribution >= 0.6 is 0 Å². The number of nitrogens with zero attached hydrogens (tertiary/aromatic N) is 3. The van der Waals surface area contributed by atoms with Gasteiger partial charge in [-0.3, -0.25) is 14.4 Å². The Morgan fingerprint density at radius 1 is 1.13 bits per heavy atom. The zero-order valence-electron chi connectivity index (χ0n) is 28.4. The molecule has 2 N–H and O–H groups in total. The molecule has 10 nitrogen and oxygen atoms in total. The lowest BCUT2D eigenvalue weighted by atomic mass is 9.87. The predicted molar refractivity (Wildman–Crippen MR) is 171 cm³/mol. The summed E-state index contributed by atoms with van der Waals surface area (Å²) in [6.45, 7) is 8.74. The van der Waals surface area contributed by atoms with Crippen LogP contribution in [0.1, 0.15) is 71.3 Å². The van der Waals surface area contributed by atoms with Crippen LogP contribution < -0.4 is 10.6 Å². The highest BCUT2D eigenvalue weighted by Gasteiger charge is 2.76. The average molecular weight is 659 g/mol. The molecule has 6 aliphatic rings. The Morgan fingerprint density at radius 3 is 2.36 bits per heavy atom. The maximum absolute atomic E-state index is 17.2. The maximum Gasteiger partial charge on any atom is 0.343 e. The first kappa shape index (κ1) is 33.9. The number of alkyl halides is 1. The molecule has 4 fully saturated rings. The lowest BCUT2D eigenvalue weighted by molar-refractivity contribution is -0.867. The van der Waals surface area contributed by atoms with E-state index >= 15 is 8.78 Å². The second kappa shape index (κ2) is 12.5. The third-order valence-electron chi connectivity index (χ3n) is 11.8. The van der Waals surface area contributed by atoms with E-state index < -0.39 is 63.8 Å². The quantitative estimate of drug-likeness (QED) is 0.436. The lowest BCUT2D eigenvalue weighted by Crippen LogP contribution is -2.70. The molecule has 258 valence electrons. The third kappa shape index (κ3) is 6.10. The number of halogens is 2. The summed E-state index contributed by atoms with van der Waals surface area (Å²) in [5.41, 5.74) is -2.13. The van der Waals surface area contributed by atoms with Crippen molar-refractivity contribution in [2.75, 3.05) is 45.7 Å². The van der Waals surface area contributed by atoms with Gasteiger partial charge < -0.3 is 25.2 Å². The van der Waals surface area contributed by atoms with E-state index in [0.717, 1.165) is 25.7 Å². The molecule has 1 aromatic rings. The molecule has 12 heteroatoms. The van der Waals surface area contributed by atoms with E-state index in [2.05, 4.69) is 15.5 Å². The van der Waals surface area contributed by atoms with Gasteiger partial charge in [0, 0.05) is 38.2 Å². The number of piperazine rings is 1. The van der Waals surface area contributed by atoms with Crippen molar-refractivity contribution in [2.24, 2.45) is 17.8 Å². The highest BCUT2D eigenvalue weighted by molar-refractivity contribution is 6.00. The van der Waals surface area contributed by atoms with Crippen molar-refractivity contribution < 1.29 is 37.2 Å². The molecule has 7 rings (SSSR count). The van der Waals surface area contributed by atoms with E-state index in [1.165, 1.54) is 19.2 Å². The van der Waals surface area contributed by atoms with E-state index in [-0.39, 0.29) is 48.4 Å². The molecule has 47 heavy (non-hydrogen) atoms. The molecule has 2 bridgehead atoms. The number of hydrogen-bond acceptors (Lipinski definition) is 6. The van der Waals surface area contributed by atoms with Crippen LogP contribution in [-0.2, 0) is 23.9 Å². The van der Waals surface area contributed by atoms with Crippen molar-refractivity contribution >= 4 is 29.3 Å². The summed E-state index contributed by atoms with van der Waals surface area (Å²) in [5.74, 6) is -3.61. The Bertz CT molecular complexity index is 1420. The van der Waals surface area contributed by atoms with Crippen molar-refractivity contribution in [1.82, 2.24) is 15.1 Å². The zero-order chi connectivity index (χ0) is 34.0. The number of carbonyl (C=O) groups excluding carboxylic acids is 4. The van der Waals surface area contributed by atoms with Crippen LogP contribution in [-0.4, -0.2) is 114 Å². The first-order valence-corrected chi connectivity index (χ1v) is 17.3. The van der Waals surface area contributed by atoms with E-state index in [0.29, 0.717) is 25.2 Å². The number of fused-ring (bicyclic) bond motifs is 8. The number of carbonyl (C=O) groups is 4. The average Bonchev–Trinajstić information content (AvgIpc) is 3.89. The van der Waals surface area contributed by atoms with Crippen LogP contribution in [0.2, 0.25) is 0 Å². The predicted octanol–water partition coefficient (Wildman–Crippen LogP) is 3.21. The Labute approximate surface area is 276 Å². The third-order valence-corrected chi connectivity index (χ3v) is 11.8. The van der Waals surface area contributed by atoms with Crippen molar-refractivity contribution in [3.63, 3.8) is 0 Å². The number of benzene rings is 1. The van der Waals surface area contributed by atoms with Gasteiger partial charge in [-0.2, -0.15) is 0 Å². The molecule has 3 aliphatic heterocycles. The smallest absolute Gasteiger partial charge is 0.343 e. The van der Waals surface area contributed by atoms with Gasteiger partial charge in [0.15, 0.2) is 12.1 Å². The van der Waals surface area contributed by atoms with Gasteiger partial charge in [0.1, 0.15) is 17.9 Å². The highest BCUT2D eigenvalue weighted by Crippen LogP contribution is 2.54. The minimum absolute atomic E-state index is 0.0495. The molecule has 3 unspecified atom stereocenters. The number of anilines is 1. The molecule has 1 saturated heterocycles. The molecule has 0 spiro atoms. The minimum Gasteiger partial charge on any atom is -0.365 e. The Kier molecular flexibility index (Phi) is 9.01. The Morgan fingerprint density at radius 2 is 1.79 bits per heavy atom. The molecular weight excluding hydrogens is 608 g/mol. The van der Waals surface area contributed by atoms with Crippen molar-refractivity contribution in [1.29, 1.82) is 0 Å². The number of likely N-dealkylation sites (N-methyl/N-ethyl adjacent to an activating group) is 2. The number of ether oxygens (including phenoxy) is 1. The van der Waals surface area contributed by atoms with Crippen LogP contribution in [0, 0.1) is 23.6 Å². The van der Waals surface area contributed by atoms with Gasteiger partial charge in [-0.05, 0) is 89.0 Å². The number of rotatable bonds is 7. The van der Waals surface area contributed by atoms with Gasteiger partial charge in [-0.1, -0.05) is 13.0 Å². The fraction of sp³-hybridized carbons (Fsp3) is 0.714. The van der Waals surface area contributed by atoms with E-state index in [4.69, 9.17) is 4.74 Å². The molecule has 3 heterocycles. The molecule has 4 amide bonds. The van der Waals surface area contributed by atoms with Crippen molar-refractivity contribution in [3.8, 4) is 0 Å². The summed E-state index contributed by atoms with van der Waals surface area (Å²) in [5, 5.41) is 5.45. The summed E-state index contributed by atoms with van der Waals surface area (Å²) in [7, 11) is 3.52. The summed E-state index contributed by atoms with van der Waals surface area (Å²) >= 11 is 0. The van der Waals surface area contributed by atoms with Gasteiger partial charge in [-0.25, -0.2) is 18.1 Å². The second-order valence-corrected chi connectivity index (χ2v) is 14.9. The lowest BCUT2D eigenvalue weighted by Gasteiger charge is -2.46. The highest BCUT2D eigenvalue weighted by atomic mass is 19.1. The van der Waals surface area contributed by atoms with Gasteiger partial charge >= 0.3 is 5.91 Å². The summed E-state index contributed by atoms with van der Waals surface area (Å²) in [6, 6.07) is 1.02. The van der Waals surface area contributed by atoms with Gasteiger partial charge in [0.25, 0.3) is 11.8 Å². The van der Waals surface area contributed by atoms with E-state index in [9.17, 15) is 19.2 Å². The zero-order valence-corrected chi connectivity index (χ0v) is 28.4. The SMILES string of the molecule is CCO[C@@H](C)C(=O)[N+]1(C)C2CC2(F)C(=O)N[C@@H](C(C2CC2)C2CC2)C(=O)Nc2ccc(cc2F)[C@H](C)[C@@H]1C(=O)N1CCN(C)[C@H](C)C1. The largest absolute Gasteiger partial charge is 0.365 e. The van der Waals surface area contributed by atoms with Crippen molar-refractivity contribution in [3.05, 3.63) is 29.6 Å². The van der Waals surface area contributed by atoms with Gasteiger partial charge in [0.2, 0.25) is 11.6 Å². The normalized spacial score (nSPS) is 35.5. The van der Waals surface area contributed by atoms with Crippen LogP contribution in [0.5, 0.6) is 0 Å². The number of quaternary nitrogens is 1. The molecule has 1 aromatic carbocycles. The van der Waals surface area contributed by atoms with Crippen LogP contribution in [0.25, 0.3) is 0 Å². The first-order valence-electron chi connectivity index (χ1n) is 17.3. The molecule has 3 aliphatic carbocycles. The molecule has 8 atom stereocenters. The Hall–Kier alpha value is -2.96. The molecular formula is C35H50F2N5O5+. The fourth-order valence-corrected chi connectivity index (χ4v) is 8.42. The number of amides is 4. The Balaban J connectivity index is 1.48. The monoisotopic (exact) mass is 658 g/mol. The van der Waals surface area contributed by atoms with Crippen molar-refractivity contribution in [2.45, 2.75) is 102 Å². The standard InChI is InChI=1S/C35H49F2N5O5/c1-7-47-21(4)33(45)42(6)27-17-35(27,37)34(46)39-29(28(22-8-9-22)23-10-11-23)31(43)38-26-13-12-24(16-25(26)36)20(3)30(42)32(44)41-15-14-40(5)19(2)18-41/h12-13,16,19-23,27-30H,7-11,14-15,17-18H2,1-6H3,(H-,38,39,43,46)/p+1/t19-,20+,21+,27?,29+,30-,35?,42?/m1/s1.